The molecule has 34 heavy (non-hydrogen) atoms. The molecule has 1 unspecified atom stereocenters. The van der Waals surface area contributed by atoms with E-state index in [4.69, 9.17) is 15.2 Å². The number of methoxy groups -OCH3 is 1. The lowest BCUT2D eigenvalue weighted by Crippen LogP contribution is -2.31. The molecule has 3 aromatic rings. The molecule has 2 aromatic carbocycles. The standard InChI is InChI=1S/C24H26BrN5O3S/c1-5-34-24-28-23-27-14(3)19(22(26)31)20(30(23)29-24)16-10-17(25)21(18(11-16)32-4)33-12-15-8-6-7-13(2)9-15/h6-11,20H,5,12H2,1-4H3,(H2,26,31)(H,27,28,29). The summed E-state index contributed by atoms with van der Waals surface area (Å²) in [4.78, 5) is 17.0. The molecule has 178 valence electrons. The van der Waals surface area contributed by atoms with Gasteiger partial charge in [-0.05, 0) is 58.8 Å². The van der Waals surface area contributed by atoms with Crippen LogP contribution in [0, 0.1) is 6.92 Å². The second kappa shape index (κ2) is 10.1. The third-order valence-corrected chi connectivity index (χ3v) is 6.71. The van der Waals surface area contributed by atoms with Gasteiger partial charge in [0, 0.05) is 5.70 Å². The van der Waals surface area contributed by atoms with E-state index in [0.717, 1.165) is 16.9 Å². The average Bonchev–Trinajstić information content (AvgIpc) is 3.18. The summed E-state index contributed by atoms with van der Waals surface area (Å²) in [5, 5.41) is 8.41. The van der Waals surface area contributed by atoms with E-state index < -0.39 is 11.9 Å². The number of nitrogens with one attached hydrogen (secondary N) is 1. The minimum absolute atomic E-state index is 0.389. The monoisotopic (exact) mass is 543 g/mol. The second-order valence-corrected chi connectivity index (χ2v) is 9.92. The SMILES string of the molecule is CCSc1nc2n(n1)C(c1cc(Br)c(OCc3cccc(C)c3)c(OC)c1)C(C(N)=O)=C(C)N2. The van der Waals surface area contributed by atoms with Crippen LogP contribution >= 0.6 is 27.7 Å². The van der Waals surface area contributed by atoms with Crippen LogP contribution in [0.5, 0.6) is 11.5 Å². The fourth-order valence-corrected chi connectivity index (χ4v) is 5.07. The Kier molecular flexibility index (Phi) is 7.18. The smallest absolute Gasteiger partial charge is 0.248 e. The van der Waals surface area contributed by atoms with Crippen LogP contribution < -0.4 is 20.5 Å². The Morgan fingerprint density at radius 3 is 2.76 bits per heavy atom. The number of fused-ring (bicyclic) bond motifs is 1. The number of rotatable bonds is 8. The van der Waals surface area contributed by atoms with Crippen molar-refractivity contribution in [3.8, 4) is 11.5 Å². The zero-order valence-corrected chi connectivity index (χ0v) is 21.8. The molecule has 2 heterocycles. The van der Waals surface area contributed by atoms with Crippen molar-refractivity contribution in [3.63, 3.8) is 0 Å². The number of carbonyl (C=O) groups is 1. The van der Waals surface area contributed by atoms with Gasteiger partial charge in [0.1, 0.15) is 12.6 Å². The van der Waals surface area contributed by atoms with Crippen molar-refractivity contribution >= 4 is 39.5 Å². The largest absolute Gasteiger partial charge is 0.493 e. The number of hydrogen-bond acceptors (Lipinski definition) is 7. The average molecular weight is 544 g/mol. The number of allylic oxidation sites excluding steroid dienone is 1. The van der Waals surface area contributed by atoms with Crippen molar-refractivity contribution in [1.29, 1.82) is 0 Å². The number of anilines is 1. The van der Waals surface area contributed by atoms with Gasteiger partial charge in [0.05, 0.1) is 17.2 Å². The van der Waals surface area contributed by atoms with Crippen molar-refractivity contribution < 1.29 is 14.3 Å². The van der Waals surface area contributed by atoms with E-state index in [0.29, 0.717) is 45.0 Å². The highest BCUT2D eigenvalue weighted by Crippen LogP contribution is 2.43. The third kappa shape index (κ3) is 4.78. The summed E-state index contributed by atoms with van der Waals surface area (Å²) in [5.74, 6) is 1.95. The van der Waals surface area contributed by atoms with Crippen LogP contribution in [0.25, 0.3) is 0 Å². The van der Waals surface area contributed by atoms with E-state index in [-0.39, 0.29) is 0 Å². The summed E-state index contributed by atoms with van der Waals surface area (Å²) < 4.78 is 14.2. The molecule has 1 atom stereocenters. The van der Waals surface area contributed by atoms with Gasteiger partial charge in [0.25, 0.3) is 0 Å². The number of hydrogen-bond donors (Lipinski definition) is 2. The van der Waals surface area contributed by atoms with Gasteiger partial charge in [-0.15, -0.1) is 5.10 Å². The Bertz CT molecular complexity index is 1270. The Labute approximate surface area is 211 Å². The number of aromatic nitrogens is 3. The summed E-state index contributed by atoms with van der Waals surface area (Å²) in [5.41, 5.74) is 9.83. The molecule has 1 amide bonds. The number of nitrogens with zero attached hydrogens (tertiary/aromatic N) is 3. The van der Waals surface area contributed by atoms with Crippen molar-refractivity contribution in [2.24, 2.45) is 5.73 Å². The Morgan fingerprint density at radius 1 is 1.29 bits per heavy atom. The fourth-order valence-electron chi connectivity index (χ4n) is 3.94. The predicted molar refractivity (Wildman–Crippen MR) is 136 cm³/mol. The van der Waals surface area contributed by atoms with Crippen LogP contribution in [0.2, 0.25) is 0 Å². The number of carbonyl (C=O) groups excluding carboxylic acids is 1. The molecule has 3 N–H and O–H groups in total. The second-order valence-electron chi connectivity index (χ2n) is 7.84. The van der Waals surface area contributed by atoms with Gasteiger partial charge < -0.3 is 20.5 Å². The molecule has 1 aliphatic rings. The topological polar surface area (TPSA) is 104 Å². The number of nitrogens with two attached hydrogens (primary N) is 1. The molecule has 0 spiro atoms. The Balaban J connectivity index is 1.75. The summed E-state index contributed by atoms with van der Waals surface area (Å²) >= 11 is 5.16. The highest BCUT2D eigenvalue weighted by atomic mass is 79.9. The number of thioether (sulfide) groups is 1. The van der Waals surface area contributed by atoms with Crippen LogP contribution in [0.15, 0.2) is 57.3 Å². The van der Waals surface area contributed by atoms with E-state index in [1.807, 2.05) is 51.1 Å². The minimum Gasteiger partial charge on any atom is -0.493 e. The number of amides is 1. The zero-order chi connectivity index (χ0) is 24.4. The molecule has 8 nitrogen and oxygen atoms in total. The van der Waals surface area contributed by atoms with Crippen LogP contribution in [0.4, 0.5) is 5.95 Å². The maximum absolute atomic E-state index is 12.5. The first-order valence-corrected chi connectivity index (χ1v) is 12.5. The van der Waals surface area contributed by atoms with Crippen LogP contribution in [0.3, 0.4) is 0 Å². The molecule has 4 rings (SSSR count). The van der Waals surface area contributed by atoms with Gasteiger partial charge in [0.15, 0.2) is 11.5 Å². The summed E-state index contributed by atoms with van der Waals surface area (Å²) in [7, 11) is 1.58. The lowest BCUT2D eigenvalue weighted by Gasteiger charge is -2.28. The van der Waals surface area contributed by atoms with Crippen LogP contribution in [-0.4, -0.2) is 33.5 Å². The first kappa shape index (κ1) is 24.2. The normalized spacial score (nSPS) is 15.0. The first-order chi connectivity index (χ1) is 16.3. The highest BCUT2D eigenvalue weighted by molar-refractivity contribution is 9.10. The number of primary amides is 1. The molecule has 1 aliphatic heterocycles. The summed E-state index contributed by atoms with van der Waals surface area (Å²) in [6, 6.07) is 11.3. The molecule has 0 bridgehead atoms. The maximum atomic E-state index is 12.5. The van der Waals surface area contributed by atoms with Crippen molar-refractivity contribution in [3.05, 3.63) is 68.8 Å². The molecular weight excluding hydrogens is 518 g/mol. The van der Waals surface area contributed by atoms with Gasteiger partial charge >= 0.3 is 0 Å². The van der Waals surface area contributed by atoms with Gasteiger partial charge in [0.2, 0.25) is 17.0 Å². The van der Waals surface area contributed by atoms with Crippen molar-refractivity contribution in [1.82, 2.24) is 14.8 Å². The van der Waals surface area contributed by atoms with Crippen molar-refractivity contribution in [2.75, 3.05) is 18.2 Å². The fraction of sp³-hybridized carbons (Fsp3) is 0.292. The van der Waals surface area contributed by atoms with Gasteiger partial charge in [-0.1, -0.05) is 48.5 Å². The van der Waals surface area contributed by atoms with Crippen LogP contribution in [-0.2, 0) is 11.4 Å². The Morgan fingerprint density at radius 2 is 2.09 bits per heavy atom. The minimum atomic E-state index is -0.566. The van der Waals surface area contributed by atoms with E-state index in [1.54, 1.807) is 11.8 Å². The molecule has 0 saturated carbocycles. The summed E-state index contributed by atoms with van der Waals surface area (Å²) in [6.45, 7) is 6.27. The quantitative estimate of drug-likeness (QED) is 0.392. The predicted octanol–water partition coefficient (Wildman–Crippen LogP) is 4.82. The lowest BCUT2D eigenvalue weighted by atomic mass is 9.95. The van der Waals surface area contributed by atoms with E-state index in [2.05, 4.69) is 37.4 Å². The first-order valence-electron chi connectivity index (χ1n) is 10.7. The van der Waals surface area contributed by atoms with Crippen molar-refractivity contribution in [2.45, 2.75) is 38.6 Å². The maximum Gasteiger partial charge on any atom is 0.248 e. The molecule has 0 radical (unpaired) electrons. The number of halogens is 1. The number of ether oxygens (including phenoxy) is 2. The Hall–Kier alpha value is -2.98. The highest BCUT2D eigenvalue weighted by Gasteiger charge is 2.34. The van der Waals surface area contributed by atoms with E-state index in [9.17, 15) is 4.79 Å². The molecule has 0 fully saturated rings. The van der Waals surface area contributed by atoms with E-state index >= 15 is 0 Å². The molecule has 1 aromatic heterocycles. The van der Waals surface area contributed by atoms with Crippen LogP contribution in [0.1, 0.15) is 36.6 Å². The summed E-state index contributed by atoms with van der Waals surface area (Å²) in [6.07, 6.45) is 0. The zero-order valence-electron chi connectivity index (χ0n) is 19.4. The lowest BCUT2D eigenvalue weighted by molar-refractivity contribution is -0.115. The molecule has 0 aliphatic carbocycles. The van der Waals surface area contributed by atoms with Gasteiger partial charge in [-0.3, -0.25) is 4.79 Å². The number of benzene rings is 2. The molecule has 0 saturated heterocycles. The van der Waals surface area contributed by atoms with E-state index in [1.165, 1.54) is 17.3 Å². The third-order valence-electron chi connectivity index (χ3n) is 5.41. The van der Waals surface area contributed by atoms with Gasteiger partial charge in [-0.2, -0.15) is 4.98 Å². The molecule has 10 heteroatoms. The van der Waals surface area contributed by atoms with Gasteiger partial charge in [-0.25, -0.2) is 4.68 Å². The molecular formula is C24H26BrN5O3S. The number of aryl methyl sites for hydroxylation is 1.